The molecule has 0 aromatic heterocycles. The summed E-state index contributed by atoms with van der Waals surface area (Å²) < 4.78 is 29.3. The highest BCUT2D eigenvalue weighted by Gasteiger charge is 2.31. The molecule has 28 heavy (non-hydrogen) atoms. The lowest BCUT2D eigenvalue weighted by atomic mass is 10.2. The number of nitrogens with one attached hydrogen (secondary N) is 1. The zero-order valence-corrected chi connectivity index (χ0v) is 16.8. The van der Waals surface area contributed by atoms with Gasteiger partial charge in [0.2, 0.25) is 5.91 Å². The number of ether oxygens (including phenoxy) is 1. The van der Waals surface area contributed by atoms with Crippen molar-refractivity contribution in [3.63, 3.8) is 0 Å². The summed E-state index contributed by atoms with van der Waals surface area (Å²) in [6.07, 6.45) is 1.57. The monoisotopic (exact) mass is 400 g/mol. The Morgan fingerprint density at radius 1 is 1.18 bits per heavy atom. The van der Waals surface area contributed by atoms with Gasteiger partial charge in [-0.3, -0.25) is 4.79 Å². The summed E-state index contributed by atoms with van der Waals surface area (Å²) >= 11 is 0. The number of nitrogens with zero attached hydrogens (tertiary/aromatic N) is 1. The van der Waals surface area contributed by atoms with E-state index >= 15 is 0 Å². The minimum absolute atomic E-state index is 0.0580. The van der Waals surface area contributed by atoms with E-state index in [1.54, 1.807) is 30.3 Å². The molecule has 2 aromatic rings. The molecule has 1 atom stereocenters. The average molecular weight is 401 g/mol. The van der Waals surface area contributed by atoms with E-state index < -0.39 is 15.9 Å². The molecule has 0 saturated heterocycles. The Morgan fingerprint density at radius 3 is 2.50 bits per heavy atom. The standard InChI is InChI=1S/C21H24N2O4S/c1-3-27-19-10-8-17(9-11-19)23(18-12-13-28(25,26)15-18)21(24)14-22-20-7-5-4-6-16(20)2/h4-13,18,22H,3,14-15H2,1-2H3/t18-/m0/s1. The summed E-state index contributed by atoms with van der Waals surface area (Å²) in [5.41, 5.74) is 2.54. The van der Waals surface area contributed by atoms with Gasteiger partial charge in [0.05, 0.1) is 24.9 Å². The predicted octanol–water partition coefficient (Wildman–Crippen LogP) is 3.15. The molecule has 0 spiro atoms. The van der Waals surface area contributed by atoms with Crippen LogP contribution in [0.4, 0.5) is 11.4 Å². The van der Waals surface area contributed by atoms with Crippen LogP contribution in [0, 0.1) is 6.92 Å². The molecule has 0 fully saturated rings. The van der Waals surface area contributed by atoms with Crippen molar-refractivity contribution in [3.05, 3.63) is 65.6 Å². The first-order valence-electron chi connectivity index (χ1n) is 9.15. The molecule has 3 rings (SSSR count). The Bertz CT molecular complexity index is 968. The number of carbonyl (C=O) groups is 1. The van der Waals surface area contributed by atoms with Crippen molar-refractivity contribution in [2.75, 3.05) is 29.1 Å². The maximum Gasteiger partial charge on any atom is 0.246 e. The van der Waals surface area contributed by atoms with Gasteiger partial charge >= 0.3 is 0 Å². The second-order valence-electron chi connectivity index (χ2n) is 6.58. The molecular formula is C21H24N2O4S. The molecule has 1 aliphatic rings. The maximum absolute atomic E-state index is 13.0. The van der Waals surface area contributed by atoms with Crippen molar-refractivity contribution in [2.45, 2.75) is 19.9 Å². The first-order valence-corrected chi connectivity index (χ1v) is 10.9. The second kappa shape index (κ2) is 8.48. The quantitative estimate of drug-likeness (QED) is 0.773. The second-order valence-corrected chi connectivity index (χ2v) is 8.52. The van der Waals surface area contributed by atoms with Crippen LogP contribution in [0.1, 0.15) is 12.5 Å². The van der Waals surface area contributed by atoms with Gasteiger partial charge in [-0.05, 0) is 55.8 Å². The van der Waals surface area contributed by atoms with Gasteiger partial charge in [-0.1, -0.05) is 18.2 Å². The fraction of sp³-hybridized carbons (Fsp3) is 0.286. The number of carbonyl (C=O) groups excluding carboxylic acids is 1. The van der Waals surface area contributed by atoms with E-state index in [4.69, 9.17) is 4.74 Å². The van der Waals surface area contributed by atoms with Crippen LogP contribution >= 0.6 is 0 Å². The Labute approximate surface area is 165 Å². The average Bonchev–Trinajstić information content (AvgIpc) is 3.02. The third-order valence-electron chi connectivity index (χ3n) is 4.51. The molecule has 2 aromatic carbocycles. The number of anilines is 2. The Hall–Kier alpha value is -2.80. The Morgan fingerprint density at radius 2 is 1.89 bits per heavy atom. The zero-order valence-electron chi connectivity index (χ0n) is 16.0. The number of hydrogen-bond acceptors (Lipinski definition) is 5. The van der Waals surface area contributed by atoms with E-state index in [-0.39, 0.29) is 18.2 Å². The predicted molar refractivity (Wildman–Crippen MR) is 111 cm³/mol. The fourth-order valence-electron chi connectivity index (χ4n) is 3.14. The van der Waals surface area contributed by atoms with E-state index in [2.05, 4.69) is 5.32 Å². The molecule has 1 N–H and O–H groups in total. The van der Waals surface area contributed by atoms with Gasteiger partial charge in [0, 0.05) is 16.8 Å². The number of aryl methyl sites for hydroxylation is 1. The normalized spacial score (nSPS) is 17.3. The smallest absolute Gasteiger partial charge is 0.246 e. The third-order valence-corrected chi connectivity index (χ3v) is 5.89. The van der Waals surface area contributed by atoms with E-state index in [0.29, 0.717) is 18.0 Å². The molecule has 0 bridgehead atoms. The largest absolute Gasteiger partial charge is 0.494 e. The van der Waals surface area contributed by atoms with Crippen LogP contribution in [0.15, 0.2) is 60.0 Å². The topological polar surface area (TPSA) is 75.7 Å². The molecule has 1 amide bonds. The summed E-state index contributed by atoms with van der Waals surface area (Å²) in [7, 11) is -3.29. The van der Waals surface area contributed by atoms with Crippen LogP contribution in [0.5, 0.6) is 5.75 Å². The summed E-state index contributed by atoms with van der Waals surface area (Å²) in [6.45, 7) is 4.47. The number of rotatable bonds is 7. The fourth-order valence-corrected chi connectivity index (χ4v) is 4.41. The number of amides is 1. The maximum atomic E-state index is 13.0. The Kier molecular flexibility index (Phi) is 6.04. The summed E-state index contributed by atoms with van der Waals surface area (Å²) in [6, 6.07) is 14.3. The van der Waals surface area contributed by atoms with Gasteiger partial charge in [-0.15, -0.1) is 0 Å². The van der Waals surface area contributed by atoms with Gasteiger partial charge in [-0.25, -0.2) is 8.42 Å². The van der Waals surface area contributed by atoms with Crippen LogP contribution in [-0.2, 0) is 14.6 Å². The number of hydrogen-bond donors (Lipinski definition) is 1. The molecule has 148 valence electrons. The van der Waals surface area contributed by atoms with Crippen LogP contribution in [0.25, 0.3) is 0 Å². The van der Waals surface area contributed by atoms with E-state index in [1.807, 2.05) is 38.1 Å². The van der Waals surface area contributed by atoms with Gasteiger partial charge in [0.15, 0.2) is 9.84 Å². The molecule has 1 aliphatic heterocycles. The highest BCUT2D eigenvalue weighted by atomic mass is 32.2. The van der Waals surface area contributed by atoms with Crippen molar-refractivity contribution in [1.82, 2.24) is 0 Å². The summed E-state index contributed by atoms with van der Waals surface area (Å²) in [5.74, 6) is 0.376. The van der Waals surface area contributed by atoms with E-state index in [1.165, 1.54) is 10.3 Å². The number of benzene rings is 2. The summed E-state index contributed by atoms with van der Waals surface area (Å²) in [5, 5.41) is 4.33. The van der Waals surface area contributed by atoms with Crippen LogP contribution in [0.3, 0.4) is 0 Å². The number of para-hydroxylation sites is 1. The van der Waals surface area contributed by atoms with Gasteiger partial charge in [0.1, 0.15) is 5.75 Å². The van der Waals surface area contributed by atoms with Crippen LogP contribution in [-0.4, -0.2) is 39.3 Å². The van der Waals surface area contributed by atoms with Crippen LogP contribution in [0.2, 0.25) is 0 Å². The minimum atomic E-state index is -3.29. The molecule has 7 heteroatoms. The third kappa shape index (κ3) is 4.72. The van der Waals surface area contributed by atoms with Crippen LogP contribution < -0.4 is 15.0 Å². The summed E-state index contributed by atoms with van der Waals surface area (Å²) in [4.78, 5) is 14.6. The minimum Gasteiger partial charge on any atom is -0.494 e. The lowest BCUT2D eigenvalue weighted by Crippen LogP contribution is -2.44. The lowest BCUT2D eigenvalue weighted by Gasteiger charge is -2.28. The van der Waals surface area contributed by atoms with Gasteiger partial charge in [0.25, 0.3) is 0 Å². The molecule has 0 aliphatic carbocycles. The first kappa shape index (κ1) is 19.9. The molecule has 1 heterocycles. The van der Waals surface area contributed by atoms with E-state index in [9.17, 15) is 13.2 Å². The van der Waals surface area contributed by atoms with Gasteiger partial charge in [-0.2, -0.15) is 0 Å². The Balaban J connectivity index is 1.82. The highest BCUT2D eigenvalue weighted by Crippen LogP contribution is 2.25. The molecule has 0 unspecified atom stereocenters. The molecule has 0 saturated carbocycles. The molecular weight excluding hydrogens is 376 g/mol. The van der Waals surface area contributed by atoms with E-state index in [0.717, 1.165) is 11.3 Å². The zero-order chi connectivity index (χ0) is 20.1. The lowest BCUT2D eigenvalue weighted by molar-refractivity contribution is -0.117. The van der Waals surface area contributed by atoms with Crippen molar-refractivity contribution >= 4 is 27.1 Å². The molecule has 6 nitrogen and oxygen atoms in total. The number of sulfone groups is 1. The SMILES string of the molecule is CCOc1ccc(N(C(=O)CNc2ccccc2C)[C@H]2C=CS(=O)(=O)C2)cc1. The van der Waals surface area contributed by atoms with Gasteiger partial charge < -0.3 is 15.0 Å². The van der Waals surface area contributed by atoms with Crippen molar-refractivity contribution in [3.8, 4) is 5.75 Å². The first-order chi connectivity index (χ1) is 13.4. The molecule has 0 radical (unpaired) electrons. The van der Waals surface area contributed by atoms with Crippen molar-refractivity contribution in [2.24, 2.45) is 0 Å². The highest BCUT2D eigenvalue weighted by molar-refractivity contribution is 7.94. The van der Waals surface area contributed by atoms with Crippen molar-refractivity contribution in [1.29, 1.82) is 0 Å². The van der Waals surface area contributed by atoms with Crippen molar-refractivity contribution < 1.29 is 17.9 Å².